The van der Waals surface area contributed by atoms with Crippen molar-refractivity contribution >= 4 is 17.7 Å². The van der Waals surface area contributed by atoms with Crippen LogP contribution in [0.15, 0.2) is 30.3 Å². The number of hydrogen-bond acceptors (Lipinski definition) is 2. The summed E-state index contributed by atoms with van der Waals surface area (Å²) in [6, 6.07) is 7.69. The minimum absolute atomic E-state index is 0.0590. The van der Waals surface area contributed by atoms with E-state index in [9.17, 15) is 4.79 Å². The highest BCUT2D eigenvalue weighted by Gasteiger charge is 2.12. The molecule has 1 aromatic rings. The number of nitrogen functional groups attached to an aromatic ring is 1. The first kappa shape index (κ1) is 14.3. The van der Waals surface area contributed by atoms with E-state index in [1.54, 1.807) is 6.08 Å². The summed E-state index contributed by atoms with van der Waals surface area (Å²) >= 11 is 0. The molecule has 0 unspecified atom stereocenters. The van der Waals surface area contributed by atoms with E-state index >= 15 is 0 Å². The van der Waals surface area contributed by atoms with E-state index in [0.29, 0.717) is 0 Å². The lowest BCUT2D eigenvalue weighted by Gasteiger charge is -2.24. The number of anilines is 1. The summed E-state index contributed by atoms with van der Waals surface area (Å²) in [4.78, 5) is 13.9. The normalized spacial score (nSPS) is 11.1. The minimum atomic E-state index is 0.0590. The van der Waals surface area contributed by atoms with Crippen molar-refractivity contribution in [1.82, 2.24) is 4.90 Å². The number of amides is 1. The monoisotopic (exact) mass is 246 g/mol. The number of nitrogens with zero attached hydrogens (tertiary/aromatic N) is 1. The van der Waals surface area contributed by atoms with Gasteiger partial charge in [0, 0.05) is 24.4 Å². The van der Waals surface area contributed by atoms with E-state index in [-0.39, 0.29) is 11.9 Å². The van der Waals surface area contributed by atoms with E-state index in [1.807, 2.05) is 49.1 Å². The standard InChI is InChI=1S/C15H22N2O/c1-4-11-17(12(2)3)15(18)10-7-13-5-8-14(16)9-6-13/h5-10,12H,4,11,16H2,1-3H3/b10-7+. The predicted molar refractivity (Wildman–Crippen MR) is 77.0 cm³/mol. The summed E-state index contributed by atoms with van der Waals surface area (Å²) < 4.78 is 0. The largest absolute Gasteiger partial charge is 0.399 e. The average Bonchev–Trinajstić information content (AvgIpc) is 2.34. The van der Waals surface area contributed by atoms with Crippen LogP contribution in [0.3, 0.4) is 0 Å². The molecule has 0 fully saturated rings. The Balaban J connectivity index is 2.70. The minimum Gasteiger partial charge on any atom is -0.399 e. The van der Waals surface area contributed by atoms with Crippen molar-refractivity contribution in [3.63, 3.8) is 0 Å². The van der Waals surface area contributed by atoms with Gasteiger partial charge in [-0.1, -0.05) is 19.1 Å². The second-order valence-corrected chi connectivity index (χ2v) is 4.63. The Morgan fingerprint density at radius 2 is 1.94 bits per heavy atom. The third-order valence-corrected chi connectivity index (χ3v) is 2.73. The number of carbonyl (C=O) groups excluding carboxylic acids is 1. The summed E-state index contributed by atoms with van der Waals surface area (Å²) in [5.74, 6) is 0.0590. The van der Waals surface area contributed by atoms with Crippen LogP contribution in [0.2, 0.25) is 0 Å². The number of hydrogen-bond donors (Lipinski definition) is 1. The topological polar surface area (TPSA) is 46.3 Å². The van der Waals surface area contributed by atoms with Crippen LogP contribution in [0, 0.1) is 0 Å². The molecule has 0 heterocycles. The van der Waals surface area contributed by atoms with Gasteiger partial charge in [0.05, 0.1) is 0 Å². The van der Waals surface area contributed by atoms with Crippen molar-refractivity contribution < 1.29 is 4.79 Å². The van der Waals surface area contributed by atoms with Crippen LogP contribution >= 0.6 is 0 Å². The Morgan fingerprint density at radius 1 is 1.33 bits per heavy atom. The van der Waals surface area contributed by atoms with Crippen molar-refractivity contribution in [3.8, 4) is 0 Å². The third kappa shape index (κ3) is 4.24. The second-order valence-electron chi connectivity index (χ2n) is 4.63. The second kappa shape index (κ2) is 6.84. The van der Waals surface area contributed by atoms with Gasteiger partial charge in [0.1, 0.15) is 0 Å². The summed E-state index contributed by atoms with van der Waals surface area (Å²) in [5.41, 5.74) is 7.32. The highest BCUT2D eigenvalue weighted by atomic mass is 16.2. The van der Waals surface area contributed by atoms with E-state index in [4.69, 9.17) is 5.73 Å². The van der Waals surface area contributed by atoms with Crippen LogP contribution < -0.4 is 5.73 Å². The average molecular weight is 246 g/mol. The molecule has 1 amide bonds. The molecule has 0 saturated heterocycles. The quantitative estimate of drug-likeness (QED) is 0.641. The van der Waals surface area contributed by atoms with Crippen molar-refractivity contribution in [2.24, 2.45) is 0 Å². The zero-order chi connectivity index (χ0) is 13.5. The molecule has 3 nitrogen and oxygen atoms in total. The molecule has 2 N–H and O–H groups in total. The van der Waals surface area contributed by atoms with Gasteiger partial charge in [0.15, 0.2) is 0 Å². The Labute approximate surface area is 109 Å². The van der Waals surface area contributed by atoms with Crippen molar-refractivity contribution in [3.05, 3.63) is 35.9 Å². The number of benzene rings is 1. The van der Waals surface area contributed by atoms with Gasteiger partial charge in [-0.3, -0.25) is 4.79 Å². The van der Waals surface area contributed by atoms with Gasteiger partial charge in [-0.2, -0.15) is 0 Å². The molecule has 0 aliphatic heterocycles. The molecule has 0 aliphatic rings. The first-order chi connectivity index (χ1) is 8.54. The van der Waals surface area contributed by atoms with Crippen molar-refractivity contribution in [1.29, 1.82) is 0 Å². The Kier molecular flexibility index (Phi) is 5.43. The zero-order valence-electron chi connectivity index (χ0n) is 11.4. The molecule has 0 spiro atoms. The highest BCUT2D eigenvalue weighted by Crippen LogP contribution is 2.08. The molecular weight excluding hydrogens is 224 g/mol. The molecule has 0 aromatic heterocycles. The molecular formula is C15H22N2O. The number of rotatable bonds is 5. The fraction of sp³-hybridized carbons (Fsp3) is 0.400. The molecule has 0 atom stereocenters. The maximum absolute atomic E-state index is 12.0. The van der Waals surface area contributed by atoms with Crippen LogP contribution in [-0.4, -0.2) is 23.4 Å². The highest BCUT2D eigenvalue weighted by molar-refractivity contribution is 5.92. The van der Waals surface area contributed by atoms with Crippen molar-refractivity contribution in [2.75, 3.05) is 12.3 Å². The molecule has 1 aromatic carbocycles. The number of nitrogens with two attached hydrogens (primary N) is 1. The van der Waals surface area contributed by atoms with Gasteiger partial charge in [-0.05, 0) is 44.0 Å². The van der Waals surface area contributed by atoms with Crippen LogP contribution in [0.4, 0.5) is 5.69 Å². The van der Waals surface area contributed by atoms with Crippen molar-refractivity contribution in [2.45, 2.75) is 33.2 Å². The third-order valence-electron chi connectivity index (χ3n) is 2.73. The van der Waals surface area contributed by atoms with Crippen LogP contribution in [0.1, 0.15) is 32.8 Å². The fourth-order valence-corrected chi connectivity index (χ4v) is 1.73. The Morgan fingerprint density at radius 3 is 2.44 bits per heavy atom. The lowest BCUT2D eigenvalue weighted by Crippen LogP contribution is -2.36. The van der Waals surface area contributed by atoms with Crippen LogP contribution in [0.5, 0.6) is 0 Å². The molecule has 0 saturated carbocycles. The van der Waals surface area contributed by atoms with Gasteiger partial charge in [-0.15, -0.1) is 0 Å². The molecule has 0 radical (unpaired) electrons. The Hall–Kier alpha value is -1.77. The van der Waals surface area contributed by atoms with Gasteiger partial charge in [0.25, 0.3) is 0 Å². The smallest absolute Gasteiger partial charge is 0.246 e. The summed E-state index contributed by atoms with van der Waals surface area (Å²) in [6.07, 6.45) is 4.42. The fourth-order valence-electron chi connectivity index (χ4n) is 1.73. The van der Waals surface area contributed by atoms with Gasteiger partial charge < -0.3 is 10.6 Å². The molecule has 3 heteroatoms. The van der Waals surface area contributed by atoms with Gasteiger partial charge >= 0.3 is 0 Å². The van der Waals surface area contributed by atoms with E-state index in [1.165, 1.54) is 0 Å². The van der Waals surface area contributed by atoms with Gasteiger partial charge in [-0.25, -0.2) is 0 Å². The lowest BCUT2D eigenvalue weighted by molar-refractivity contribution is -0.127. The molecule has 0 aliphatic carbocycles. The molecule has 1 rings (SSSR count). The maximum Gasteiger partial charge on any atom is 0.246 e. The SMILES string of the molecule is CCCN(C(=O)/C=C/c1ccc(N)cc1)C(C)C. The maximum atomic E-state index is 12.0. The van der Waals surface area contributed by atoms with Crippen LogP contribution in [0.25, 0.3) is 6.08 Å². The van der Waals surface area contributed by atoms with E-state index in [0.717, 1.165) is 24.2 Å². The summed E-state index contributed by atoms with van der Waals surface area (Å²) in [6.45, 7) is 6.93. The zero-order valence-corrected chi connectivity index (χ0v) is 11.4. The molecule has 18 heavy (non-hydrogen) atoms. The summed E-state index contributed by atoms with van der Waals surface area (Å²) in [7, 11) is 0. The number of carbonyl (C=O) groups is 1. The van der Waals surface area contributed by atoms with Gasteiger partial charge in [0.2, 0.25) is 5.91 Å². The molecule has 98 valence electrons. The first-order valence-electron chi connectivity index (χ1n) is 6.38. The lowest BCUT2D eigenvalue weighted by atomic mass is 10.2. The van der Waals surface area contributed by atoms with E-state index < -0.39 is 0 Å². The first-order valence-corrected chi connectivity index (χ1v) is 6.38. The van der Waals surface area contributed by atoms with E-state index in [2.05, 4.69) is 6.92 Å². The Bertz CT molecular complexity index is 407. The molecule has 0 bridgehead atoms. The summed E-state index contributed by atoms with van der Waals surface area (Å²) in [5, 5.41) is 0. The van der Waals surface area contributed by atoms with Crippen LogP contribution in [-0.2, 0) is 4.79 Å². The predicted octanol–water partition coefficient (Wildman–Crippen LogP) is 2.93.